The van der Waals surface area contributed by atoms with Crippen molar-refractivity contribution in [2.24, 2.45) is 0 Å². The van der Waals surface area contributed by atoms with Crippen molar-refractivity contribution in [2.75, 3.05) is 19.6 Å². The van der Waals surface area contributed by atoms with E-state index in [1.54, 1.807) is 11.3 Å². The van der Waals surface area contributed by atoms with Gasteiger partial charge in [-0.1, -0.05) is 0 Å². The van der Waals surface area contributed by atoms with Gasteiger partial charge in [0.25, 0.3) is 5.91 Å². The molecule has 2 aromatic rings. The van der Waals surface area contributed by atoms with Gasteiger partial charge in [0.15, 0.2) is 0 Å². The minimum atomic E-state index is 0.176. The Labute approximate surface area is 139 Å². The van der Waals surface area contributed by atoms with E-state index in [-0.39, 0.29) is 5.91 Å². The second kappa shape index (κ2) is 6.05. The maximum atomic E-state index is 12.6. The van der Waals surface area contributed by atoms with Gasteiger partial charge in [-0.25, -0.2) is 0 Å². The Hall–Kier alpha value is -1.73. The molecule has 1 fully saturated rings. The molecule has 1 saturated heterocycles. The molecule has 1 N–H and O–H groups in total. The van der Waals surface area contributed by atoms with E-state index in [1.165, 1.54) is 0 Å². The predicted molar refractivity (Wildman–Crippen MR) is 88.7 cm³/mol. The van der Waals surface area contributed by atoms with E-state index >= 15 is 0 Å². The number of thiophene rings is 1. The highest BCUT2D eigenvalue weighted by molar-refractivity contribution is 7.08. The Bertz CT molecular complexity index is 714. The van der Waals surface area contributed by atoms with Crippen molar-refractivity contribution >= 4 is 17.2 Å². The summed E-state index contributed by atoms with van der Waals surface area (Å²) in [6.45, 7) is 6.35. The summed E-state index contributed by atoms with van der Waals surface area (Å²) in [6.07, 6.45) is 1.95. The largest absolute Gasteiger partial charge is 0.339 e. The molecule has 4 rings (SSSR count). The van der Waals surface area contributed by atoms with Gasteiger partial charge in [0.1, 0.15) is 11.6 Å². The summed E-state index contributed by atoms with van der Waals surface area (Å²) in [5.41, 5.74) is 1.94. The molecular weight excluding hydrogens is 310 g/mol. The maximum Gasteiger partial charge on any atom is 0.254 e. The van der Waals surface area contributed by atoms with Gasteiger partial charge in [0, 0.05) is 37.5 Å². The van der Waals surface area contributed by atoms with Crippen molar-refractivity contribution in [1.82, 2.24) is 25.0 Å². The van der Waals surface area contributed by atoms with Gasteiger partial charge < -0.3 is 14.8 Å². The third-order valence-electron chi connectivity index (χ3n) is 4.88. The summed E-state index contributed by atoms with van der Waals surface area (Å²) < 4.78 is 2.27. The van der Waals surface area contributed by atoms with Gasteiger partial charge in [-0.2, -0.15) is 11.3 Å². The molecule has 0 radical (unpaired) electrons. The third kappa shape index (κ3) is 2.68. The Morgan fingerprint density at radius 3 is 2.83 bits per heavy atom. The summed E-state index contributed by atoms with van der Waals surface area (Å²) in [6, 6.07) is 0. The van der Waals surface area contributed by atoms with Gasteiger partial charge in [-0.05, 0) is 30.7 Å². The van der Waals surface area contributed by atoms with Crippen LogP contribution in [0.2, 0.25) is 0 Å². The van der Waals surface area contributed by atoms with E-state index in [9.17, 15) is 4.79 Å². The van der Waals surface area contributed by atoms with Crippen LogP contribution in [0.25, 0.3) is 0 Å². The Morgan fingerprint density at radius 2 is 2.09 bits per heavy atom. The number of piperidine rings is 1. The molecule has 23 heavy (non-hydrogen) atoms. The number of fused-ring (bicyclic) bond motifs is 1. The maximum absolute atomic E-state index is 12.6. The molecule has 2 aromatic heterocycles. The van der Waals surface area contributed by atoms with Crippen LogP contribution in [-0.2, 0) is 13.1 Å². The number of aromatic nitrogens is 3. The zero-order chi connectivity index (χ0) is 15.8. The Morgan fingerprint density at radius 1 is 1.26 bits per heavy atom. The van der Waals surface area contributed by atoms with Gasteiger partial charge in [0.05, 0.1) is 12.1 Å². The minimum Gasteiger partial charge on any atom is -0.339 e. The van der Waals surface area contributed by atoms with Crippen LogP contribution in [0.1, 0.15) is 46.3 Å². The fourth-order valence-electron chi connectivity index (χ4n) is 3.51. The van der Waals surface area contributed by atoms with Gasteiger partial charge >= 0.3 is 0 Å². The van der Waals surface area contributed by atoms with Crippen molar-refractivity contribution < 1.29 is 4.79 Å². The van der Waals surface area contributed by atoms with Crippen LogP contribution in [0.4, 0.5) is 0 Å². The fraction of sp³-hybridized carbons (Fsp3) is 0.562. The lowest BCUT2D eigenvalue weighted by Crippen LogP contribution is -2.39. The van der Waals surface area contributed by atoms with Crippen LogP contribution >= 0.6 is 11.3 Å². The van der Waals surface area contributed by atoms with E-state index in [0.29, 0.717) is 5.92 Å². The number of aryl methyl sites for hydroxylation is 1. The molecule has 2 aliphatic heterocycles. The number of hydrogen-bond donors (Lipinski definition) is 1. The molecule has 4 heterocycles. The summed E-state index contributed by atoms with van der Waals surface area (Å²) in [7, 11) is 0. The summed E-state index contributed by atoms with van der Waals surface area (Å²) in [5, 5.41) is 16.1. The zero-order valence-electron chi connectivity index (χ0n) is 13.3. The monoisotopic (exact) mass is 331 g/mol. The molecule has 0 aliphatic carbocycles. The summed E-state index contributed by atoms with van der Waals surface area (Å²) in [4.78, 5) is 14.6. The summed E-state index contributed by atoms with van der Waals surface area (Å²) >= 11 is 1.60. The van der Waals surface area contributed by atoms with Gasteiger partial charge in [0.2, 0.25) is 0 Å². The number of rotatable bonds is 2. The predicted octanol–water partition coefficient (Wildman–Crippen LogP) is 1.77. The second-order valence-corrected chi connectivity index (χ2v) is 7.08. The lowest BCUT2D eigenvalue weighted by atomic mass is 9.95. The molecule has 2 aliphatic rings. The van der Waals surface area contributed by atoms with Crippen LogP contribution in [-0.4, -0.2) is 45.2 Å². The van der Waals surface area contributed by atoms with Gasteiger partial charge in [-0.3, -0.25) is 4.79 Å². The molecular formula is C16H21N5OS. The van der Waals surface area contributed by atoms with E-state index in [0.717, 1.165) is 68.3 Å². The molecule has 0 aromatic carbocycles. The number of carbonyl (C=O) groups is 1. The third-order valence-corrected chi connectivity index (χ3v) is 5.75. The number of hydrogen-bond acceptors (Lipinski definition) is 5. The Kier molecular flexibility index (Phi) is 3.90. The van der Waals surface area contributed by atoms with Crippen LogP contribution in [0, 0.1) is 6.92 Å². The number of amides is 1. The van der Waals surface area contributed by atoms with E-state index < -0.39 is 0 Å². The average molecular weight is 331 g/mol. The van der Waals surface area contributed by atoms with E-state index in [4.69, 9.17) is 0 Å². The minimum absolute atomic E-state index is 0.176. The van der Waals surface area contributed by atoms with Crippen molar-refractivity contribution in [3.63, 3.8) is 0 Å². The van der Waals surface area contributed by atoms with Crippen LogP contribution in [0.5, 0.6) is 0 Å². The average Bonchev–Trinajstić information content (AvgIpc) is 3.20. The molecule has 122 valence electrons. The number of carbonyl (C=O) groups excluding carboxylic acids is 1. The van der Waals surface area contributed by atoms with E-state index in [1.807, 2.05) is 22.6 Å². The molecule has 6 nitrogen and oxygen atoms in total. The standard InChI is InChI=1S/C16H21N5OS/c1-11-9-23-10-13(11)16(22)20-5-2-12(3-6-20)15-19-18-14-8-17-4-7-21(14)15/h9-10,12,17H,2-8H2,1H3. The number of nitrogens with one attached hydrogen (secondary N) is 1. The van der Waals surface area contributed by atoms with Crippen molar-refractivity contribution in [2.45, 2.75) is 38.8 Å². The van der Waals surface area contributed by atoms with Crippen molar-refractivity contribution in [3.8, 4) is 0 Å². The first-order chi connectivity index (χ1) is 11.2. The molecule has 0 saturated carbocycles. The smallest absolute Gasteiger partial charge is 0.254 e. The number of nitrogens with zero attached hydrogens (tertiary/aromatic N) is 4. The lowest BCUT2D eigenvalue weighted by molar-refractivity contribution is 0.0710. The normalized spacial score (nSPS) is 18.9. The van der Waals surface area contributed by atoms with Crippen LogP contribution in [0.15, 0.2) is 10.8 Å². The second-order valence-electron chi connectivity index (χ2n) is 6.34. The van der Waals surface area contributed by atoms with Crippen molar-refractivity contribution in [1.29, 1.82) is 0 Å². The lowest BCUT2D eigenvalue weighted by Gasteiger charge is -2.32. The zero-order valence-corrected chi connectivity index (χ0v) is 14.1. The highest BCUT2D eigenvalue weighted by atomic mass is 32.1. The first-order valence-corrected chi connectivity index (χ1v) is 9.13. The molecule has 0 unspecified atom stereocenters. The van der Waals surface area contributed by atoms with Crippen LogP contribution < -0.4 is 5.32 Å². The molecule has 0 bridgehead atoms. The number of likely N-dealkylation sites (tertiary alicyclic amines) is 1. The topological polar surface area (TPSA) is 63.1 Å². The first-order valence-electron chi connectivity index (χ1n) is 8.19. The van der Waals surface area contributed by atoms with Crippen molar-refractivity contribution in [3.05, 3.63) is 33.5 Å². The first kappa shape index (κ1) is 14.8. The Balaban J connectivity index is 1.44. The quantitative estimate of drug-likeness (QED) is 0.911. The molecule has 1 amide bonds. The van der Waals surface area contributed by atoms with Crippen LogP contribution in [0.3, 0.4) is 0 Å². The summed E-state index contributed by atoms with van der Waals surface area (Å²) in [5.74, 6) is 2.75. The highest BCUT2D eigenvalue weighted by Crippen LogP contribution is 2.29. The van der Waals surface area contributed by atoms with Gasteiger partial charge in [-0.15, -0.1) is 10.2 Å². The molecule has 0 spiro atoms. The molecule has 7 heteroatoms. The fourth-order valence-corrected chi connectivity index (χ4v) is 4.33. The van der Waals surface area contributed by atoms with E-state index in [2.05, 4.69) is 20.1 Å². The molecule has 0 atom stereocenters. The highest BCUT2D eigenvalue weighted by Gasteiger charge is 2.29. The SMILES string of the molecule is Cc1cscc1C(=O)N1CCC(c2nnc3n2CCNC3)CC1.